The molecule has 174 valence electrons. The van der Waals surface area contributed by atoms with E-state index in [1.165, 1.54) is 24.8 Å². The molecule has 0 aliphatic carbocycles. The lowest BCUT2D eigenvalue weighted by atomic mass is 9.91. The van der Waals surface area contributed by atoms with Crippen LogP contribution in [-0.2, 0) is 22.6 Å². The molecule has 2 aromatic carbocycles. The molecule has 4 N–H and O–H groups in total. The first-order chi connectivity index (χ1) is 15.7. The van der Waals surface area contributed by atoms with Crippen LogP contribution in [0.25, 0.3) is 0 Å². The van der Waals surface area contributed by atoms with E-state index in [4.69, 9.17) is 0 Å². The lowest BCUT2D eigenvalue weighted by Gasteiger charge is -2.39. The van der Waals surface area contributed by atoms with E-state index in [1.807, 2.05) is 24.3 Å². The van der Waals surface area contributed by atoms with Crippen molar-refractivity contribution < 1.29 is 29.4 Å². The molecule has 3 rings (SSSR count). The van der Waals surface area contributed by atoms with E-state index in [0.29, 0.717) is 17.7 Å². The van der Waals surface area contributed by atoms with Crippen molar-refractivity contribution in [3.05, 3.63) is 65.2 Å². The quantitative estimate of drug-likeness (QED) is 0.475. The number of carbonyl (C=O) groups is 4. The van der Waals surface area contributed by atoms with Crippen molar-refractivity contribution >= 4 is 29.4 Å². The fraction of sp³-hybridized carbons (Fsp3) is 0.333. The number of ketones is 1. The van der Waals surface area contributed by atoms with Gasteiger partial charge in [0.1, 0.15) is 6.04 Å². The summed E-state index contributed by atoms with van der Waals surface area (Å²) in [5.74, 6) is -1.77. The van der Waals surface area contributed by atoms with Crippen molar-refractivity contribution in [1.82, 2.24) is 10.2 Å². The van der Waals surface area contributed by atoms with Crippen molar-refractivity contribution in [2.45, 2.75) is 51.4 Å². The maximum absolute atomic E-state index is 13.4. The van der Waals surface area contributed by atoms with Gasteiger partial charge in [-0.15, -0.1) is 0 Å². The maximum atomic E-state index is 13.4. The van der Waals surface area contributed by atoms with Crippen molar-refractivity contribution in [3.8, 4) is 0 Å². The lowest BCUT2D eigenvalue weighted by Crippen LogP contribution is -2.58. The maximum Gasteiger partial charge on any atom is 0.319 e. The number of nitrogens with zero attached hydrogens (tertiary/aromatic N) is 1. The van der Waals surface area contributed by atoms with Gasteiger partial charge in [-0.3, -0.25) is 14.4 Å². The van der Waals surface area contributed by atoms with Gasteiger partial charge in [-0.25, -0.2) is 4.79 Å². The highest BCUT2D eigenvalue weighted by atomic mass is 16.4. The fourth-order valence-corrected chi connectivity index (χ4v) is 3.92. The fourth-order valence-electron chi connectivity index (χ4n) is 3.92. The van der Waals surface area contributed by atoms with Gasteiger partial charge in [-0.1, -0.05) is 36.4 Å². The van der Waals surface area contributed by atoms with Crippen LogP contribution in [0, 0.1) is 0 Å². The number of urea groups is 1. The first-order valence-corrected chi connectivity index (χ1v) is 10.6. The first kappa shape index (κ1) is 23.9. The average molecular weight is 453 g/mol. The third-order valence-electron chi connectivity index (χ3n) is 5.61. The Labute approximate surface area is 191 Å². The molecule has 2 aromatic rings. The number of amides is 3. The Balaban J connectivity index is 1.78. The number of rotatable bonds is 7. The summed E-state index contributed by atoms with van der Waals surface area (Å²) < 4.78 is 0. The number of Topliss-reactive ketones (excluding diaryl/α,β-unsaturated/α-hetero) is 1. The summed E-state index contributed by atoms with van der Waals surface area (Å²) in [5.41, 5.74) is 2.63. The molecule has 33 heavy (non-hydrogen) atoms. The van der Waals surface area contributed by atoms with Crippen molar-refractivity contribution in [2.75, 3.05) is 5.32 Å². The van der Waals surface area contributed by atoms with E-state index in [-0.39, 0.29) is 18.7 Å². The third kappa shape index (κ3) is 5.95. The van der Waals surface area contributed by atoms with Crippen LogP contribution < -0.4 is 10.6 Å². The van der Waals surface area contributed by atoms with Gasteiger partial charge in [0, 0.05) is 23.8 Å². The molecule has 0 radical (unpaired) electrons. The zero-order chi connectivity index (χ0) is 24.1. The van der Waals surface area contributed by atoms with Crippen LogP contribution in [0.5, 0.6) is 0 Å². The predicted octanol–water partition coefficient (Wildman–Crippen LogP) is 2.19. The van der Waals surface area contributed by atoms with Gasteiger partial charge in [0.05, 0.1) is 12.5 Å². The smallest absolute Gasteiger partial charge is 0.319 e. The third-order valence-corrected chi connectivity index (χ3v) is 5.61. The van der Waals surface area contributed by atoms with Crippen LogP contribution in [0.15, 0.2) is 48.5 Å². The lowest BCUT2D eigenvalue weighted by molar-refractivity contribution is -0.143. The van der Waals surface area contributed by atoms with Crippen LogP contribution in [0.1, 0.15) is 41.8 Å². The minimum absolute atomic E-state index is 0.161. The second-order valence-electron chi connectivity index (χ2n) is 8.14. The van der Waals surface area contributed by atoms with E-state index in [2.05, 4.69) is 10.6 Å². The SMILES string of the molecule is CC(=O)c1cccc(NC(=O)NC(C(=O)N2Cc3ccccc3C[C@@H]2CC(=O)O)C(C)O)c1. The highest BCUT2D eigenvalue weighted by Gasteiger charge is 2.37. The molecule has 0 aromatic heterocycles. The van der Waals surface area contributed by atoms with Crippen LogP contribution in [0.2, 0.25) is 0 Å². The molecule has 9 heteroatoms. The number of aliphatic hydroxyl groups is 1. The number of nitrogens with one attached hydrogen (secondary N) is 2. The van der Waals surface area contributed by atoms with Gasteiger partial charge in [-0.05, 0) is 43.5 Å². The molecular formula is C24H27N3O6. The van der Waals surface area contributed by atoms with Crippen molar-refractivity contribution in [3.63, 3.8) is 0 Å². The zero-order valence-corrected chi connectivity index (χ0v) is 18.4. The van der Waals surface area contributed by atoms with Gasteiger partial charge in [-0.2, -0.15) is 0 Å². The van der Waals surface area contributed by atoms with E-state index in [0.717, 1.165) is 11.1 Å². The van der Waals surface area contributed by atoms with E-state index < -0.39 is 36.1 Å². The molecule has 1 aliphatic rings. The summed E-state index contributed by atoms with van der Waals surface area (Å²) in [5, 5.41) is 24.6. The molecule has 0 fully saturated rings. The van der Waals surface area contributed by atoms with Gasteiger partial charge in [0.25, 0.3) is 0 Å². The van der Waals surface area contributed by atoms with Gasteiger partial charge >= 0.3 is 12.0 Å². The molecule has 0 saturated heterocycles. The van der Waals surface area contributed by atoms with Crippen LogP contribution >= 0.6 is 0 Å². The van der Waals surface area contributed by atoms with Gasteiger partial charge < -0.3 is 25.7 Å². The second kappa shape index (κ2) is 10.3. The van der Waals surface area contributed by atoms with Crippen molar-refractivity contribution in [1.29, 1.82) is 0 Å². The number of carboxylic acids is 1. The Kier molecular flexibility index (Phi) is 7.44. The minimum Gasteiger partial charge on any atom is -0.481 e. The molecular weight excluding hydrogens is 426 g/mol. The molecule has 9 nitrogen and oxygen atoms in total. The monoisotopic (exact) mass is 453 g/mol. The Morgan fingerprint density at radius 1 is 1.09 bits per heavy atom. The second-order valence-corrected chi connectivity index (χ2v) is 8.14. The summed E-state index contributed by atoms with van der Waals surface area (Å²) in [6.07, 6.45) is -1.11. The highest BCUT2D eigenvalue weighted by molar-refractivity contribution is 5.98. The standard InChI is InChI=1S/C24H27N3O6/c1-14(28)16-8-5-9-19(10-16)25-24(33)26-22(15(2)29)23(32)27-13-18-7-4-3-6-17(18)11-20(27)12-21(30)31/h3-10,15,20,22,29H,11-13H2,1-2H3,(H,30,31)(H2,25,26,33)/t15?,20-,22?/m1/s1. The minimum atomic E-state index is -1.29. The number of aliphatic carboxylic acids is 1. The van der Waals surface area contributed by atoms with Gasteiger partial charge in [0.15, 0.2) is 5.78 Å². The number of carboxylic acid groups (broad SMARTS) is 1. The highest BCUT2D eigenvalue weighted by Crippen LogP contribution is 2.26. The Bertz CT molecular complexity index is 1070. The van der Waals surface area contributed by atoms with E-state index >= 15 is 0 Å². The average Bonchev–Trinajstić information content (AvgIpc) is 2.76. The molecule has 2 unspecified atom stereocenters. The topological polar surface area (TPSA) is 136 Å². The number of anilines is 1. The molecule has 0 saturated carbocycles. The normalized spacial score (nSPS) is 16.8. The summed E-state index contributed by atoms with van der Waals surface area (Å²) in [4.78, 5) is 50.3. The van der Waals surface area contributed by atoms with E-state index in [9.17, 15) is 29.4 Å². The molecule has 1 heterocycles. The largest absolute Gasteiger partial charge is 0.481 e. The Hall–Kier alpha value is -3.72. The summed E-state index contributed by atoms with van der Waals surface area (Å²) in [6, 6.07) is 11.2. The zero-order valence-electron chi connectivity index (χ0n) is 18.4. The number of carbonyl (C=O) groups excluding carboxylic acids is 3. The van der Waals surface area contributed by atoms with Crippen LogP contribution in [0.3, 0.4) is 0 Å². The van der Waals surface area contributed by atoms with Gasteiger partial charge in [0.2, 0.25) is 5.91 Å². The molecule has 3 amide bonds. The number of aliphatic hydroxyl groups excluding tert-OH is 1. The summed E-state index contributed by atoms with van der Waals surface area (Å²) in [6.45, 7) is 2.97. The number of fused-ring (bicyclic) bond motifs is 1. The summed E-state index contributed by atoms with van der Waals surface area (Å²) in [7, 11) is 0. The molecule has 0 bridgehead atoms. The summed E-state index contributed by atoms with van der Waals surface area (Å²) >= 11 is 0. The predicted molar refractivity (Wildman–Crippen MR) is 121 cm³/mol. The van der Waals surface area contributed by atoms with Crippen LogP contribution in [-0.4, -0.2) is 57.0 Å². The Morgan fingerprint density at radius 3 is 2.42 bits per heavy atom. The van der Waals surface area contributed by atoms with Crippen LogP contribution in [0.4, 0.5) is 10.5 Å². The molecule has 0 spiro atoms. The number of hydrogen-bond donors (Lipinski definition) is 4. The van der Waals surface area contributed by atoms with Crippen molar-refractivity contribution in [2.24, 2.45) is 0 Å². The number of hydrogen-bond acceptors (Lipinski definition) is 5. The van der Waals surface area contributed by atoms with E-state index in [1.54, 1.807) is 18.2 Å². The Morgan fingerprint density at radius 2 is 1.79 bits per heavy atom. The molecule has 3 atom stereocenters. The first-order valence-electron chi connectivity index (χ1n) is 10.6. The molecule has 1 aliphatic heterocycles. The number of benzene rings is 2.